The zero-order chi connectivity index (χ0) is 18.6. The monoisotopic (exact) mass is 354 g/mol. The molecular formula is C21H26N2O3. The fourth-order valence-corrected chi connectivity index (χ4v) is 2.98. The zero-order valence-electron chi connectivity index (χ0n) is 15.4. The topological polar surface area (TPSA) is 73.6 Å². The number of nitrogens with one attached hydrogen (secondary N) is 1. The third-order valence-electron chi connectivity index (χ3n) is 4.73. The Morgan fingerprint density at radius 1 is 1.12 bits per heavy atom. The molecule has 1 aliphatic heterocycles. The Kier molecular flexibility index (Phi) is 5.35. The maximum absolute atomic E-state index is 12.2. The summed E-state index contributed by atoms with van der Waals surface area (Å²) in [4.78, 5) is 12.2. The predicted molar refractivity (Wildman–Crippen MR) is 103 cm³/mol. The molecule has 2 aromatic rings. The molecule has 0 saturated heterocycles. The van der Waals surface area contributed by atoms with Gasteiger partial charge in [0.1, 0.15) is 13.2 Å². The van der Waals surface area contributed by atoms with E-state index in [0.717, 1.165) is 28.3 Å². The number of nitrogens with two attached hydrogens (primary N) is 1. The highest BCUT2D eigenvalue weighted by atomic mass is 16.6. The molecule has 5 heteroatoms. The van der Waals surface area contributed by atoms with Crippen LogP contribution in [-0.2, 0) is 16.6 Å². The molecule has 0 spiro atoms. The van der Waals surface area contributed by atoms with Crippen molar-refractivity contribution in [3.8, 4) is 11.5 Å². The molecule has 0 saturated carbocycles. The van der Waals surface area contributed by atoms with Crippen LogP contribution in [0.2, 0.25) is 0 Å². The largest absolute Gasteiger partial charge is 0.486 e. The lowest BCUT2D eigenvalue weighted by atomic mass is 9.84. The lowest BCUT2D eigenvalue weighted by molar-refractivity contribution is -0.121. The van der Waals surface area contributed by atoms with E-state index in [4.69, 9.17) is 15.2 Å². The van der Waals surface area contributed by atoms with E-state index in [1.165, 1.54) is 0 Å². The van der Waals surface area contributed by atoms with E-state index in [1.807, 2.05) is 42.5 Å². The molecule has 0 aliphatic carbocycles. The van der Waals surface area contributed by atoms with Gasteiger partial charge in [-0.05, 0) is 35.7 Å². The van der Waals surface area contributed by atoms with Gasteiger partial charge in [-0.2, -0.15) is 0 Å². The number of benzene rings is 2. The number of carbonyl (C=O) groups is 1. The van der Waals surface area contributed by atoms with E-state index in [-0.39, 0.29) is 11.3 Å². The van der Waals surface area contributed by atoms with Gasteiger partial charge in [0.2, 0.25) is 5.91 Å². The Hall–Kier alpha value is -2.69. The van der Waals surface area contributed by atoms with Crippen LogP contribution in [0.5, 0.6) is 11.5 Å². The van der Waals surface area contributed by atoms with Crippen molar-refractivity contribution >= 4 is 11.6 Å². The second-order valence-electron chi connectivity index (χ2n) is 7.22. The molecule has 0 aromatic heterocycles. The van der Waals surface area contributed by atoms with Crippen LogP contribution in [0.4, 0.5) is 5.69 Å². The molecule has 0 bridgehead atoms. The quantitative estimate of drug-likeness (QED) is 0.782. The minimum atomic E-state index is -0.211. The fraction of sp³-hybridized carbons (Fsp3) is 0.381. The molecule has 0 fully saturated rings. The predicted octanol–water partition coefficient (Wildman–Crippen LogP) is 3.07. The summed E-state index contributed by atoms with van der Waals surface area (Å²) in [5.41, 5.74) is 8.56. The SMILES string of the molecule is CC(C)(CNC(=O)CCc1ccccc1N)c1ccc2c(c1)OCCO2. The molecule has 3 rings (SSSR count). The third-order valence-corrected chi connectivity index (χ3v) is 4.73. The first-order chi connectivity index (χ1) is 12.5. The van der Waals surface area contributed by atoms with Crippen LogP contribution in [0.3, 0.4) is 0 Å². The van der Waals surface area contributed by atoms with Crippen LogP contribution < -0.4 is 20.5 Å². The number of anilines is 1. The molecule has 1 heterocycles. The van der Waals surface area contributed by atoms with Crippen molar-refractivity contribution in [1.29, 1.82) is 0 Å². The molecule has 26 heavy (non-hydrogen) atoms. The van der Waals surface area contributed by atoms with Crippen molar-refractivity contribution in [3.63, 3.8) is 0 Å². The number of aryl methyl sites for hydroxylation is 1. The summed E-state index contributed by atoms with van der Waals surface area (Å²) in [6.07, 6.45) is 1.06. The lowest BCUT2D eigenvalue weighted by Crippen LogP contribution is -2.36. The van der Waals surface area contributed by atoms with E-state index >= 15 is 0 Å². The number of rotatable bonds is 6. The highest BCUT2D eigenvalue weighted by Crippen LogP contribution is 2.34. The standard InChI is InChI=1S/C21H26N2O3/c1-21(2,16-8-9-18-19(13-16)26-12-11-25-18)14-23-20(24)10-7-15-5-3-4-6-17(15)22/h3-6,8-9,13H,7,10-12,14,22H2,1-2H3,(H,23,24). The van der Waals surface area contributed by atoms with E-state index in [2.05, 4.69) is 19.2 Å². The summed E-state index contributed by atoms with van der Waals surface area (Å²) in [5.74, 6) is 1.58. The number of para-hydroxylation sites is 1. The van der Waals surface area contributed by atoms with Crippen molar-refractivity contribution in [3.05, 3.63) is 53.6 Å². The molecule has 1 amide bonds. The minimum absolute atomic E-state index is 0.0267. The number of hydrogen-bond acceptors (Lipinski definition) is 4. The summed E-state index contributed by atoms with van der Waals surface area (Å²) in [6.45, 7) is 5.91. The zero-order valence-corrected chi connectivity index (χ0v) is 15.4. The number of carbonyl (C=O) groups excluding carboxylic acids is 1. The molecule has 5 nitrogen and oxygen atoms in total. The third kappa shape index (κ3) is 4.28. The molecule has 1 aliphatic rings. The summed E-state index contributed by atoms with van der Waals surface area (Å²) < 4.78 is 11.2. The summed E-state index contributed by atoms with van der Waals surface area (Å²) >= 11 is 0. The van der Waals surface area contributed by atoms with E-state index in [1.54, 1.807) is 0 Å². The number of amides is 1. The molecular weight excluding hydrogens is 328 g/mol. The highest BCUT2D eigenvalue weighted by Gasteiger charge is 2.24. The number of ether oxygens (including phenoxy) is 2. The van der Waals surface area contributed by atoms with Crippen LogP contribution in [0.25, 0.3) is 0 Å². The van der Waals surface area contributed by atoms with E-state index in [9.17, 15) is 4.79 Å². The summed E-state index contributed by atoms with van der Waals surface area (Å²) in [7, 11) is 0. The Morgan fingerprint density at radius 3 is 2.62 bits per heavy atom. The summed E-state index contributed by atoms with van der Waals surface area (Å²) in [5, 5.41) is 3.04. The summed E-state index contributed by atoms with van der Waals surface area (Å²) in [6, 6.07) is 13.6. The van der Waals surface area contributed by atoms with E-state index < -0.39 is 0 Å². The first-order valence-corrected chi connectivity index (χ1v) is 8.96. The Balaban J connectivity index is 1.56. The second-order valence-corrected chi connectivity index (χ2v) is 7.22. The molecule has 138 valence electrons. The van der Waals surface area contributed by atoms with Crippen molar-refractivity contribution in [2.24, 2.45) is 0 Å². The van der Waals surface area contributed by atoms with Crippen molar-refractivity contribution < 1.29 is 14.3 Å². The van der Waals surface area contributed by atoms with Crippen molar-refractivity contribution in [2.45, 2.75) is 32.1 Å². The van der Waals surface area contributed by atoms with Gasteiger partial charge in [-0.3, -0.25) is 4.79 Å². The van der Waals surface area contributed by atoms with Crippen LogP contribution in [0.15, 0.2) is 42.5 Å². The van der Waals surface area contributed by atoms with Gasteiger partial charge < -0.3 is 20.5 Å². The van der Waals surface area contributed by atoms with E-state index in [0.29, 0.717) is 32.6 Å². The average Bonchev–Trinajstić information content (AvgIpc) is 2.65. The molecule has 0 unspecified atom stereocenters. The highest BCUT2D eigenvalue weighted by molar-refractivity contribution is 5.76. The Labute approximate surface area is 154 Å². The van der Waals surface area contributed by atoms with Crippen LogP contribution >= 0.6 is 0 Å². The van der Waals surface area contributed by atoms with Crippen molar-refractivity contribution in [1.82, 2.24) is 5.32 Å². The van der Waals surface area contributed by atoms with Gasteiger partial charge in [0.15, 0.2) is 11.5 Å². The van der Waals surface area contributed by atoms with Crippen molar-refractivity contribution in [2.75, 3.05) is 25.5 Å². The molecule has 0 atom stereocenters. The number of hydrogen-bond donors (Lipinski definition) is 2. The Morgan fingerprint density at radius 2 is 1.85 bits per heavy atom. The molecule has 0 radical (unpaired) electrons. The second kappa shape index (κ2) is 7.68. The van der Waals surface area contributed by atoms with Gasteiger partial charge in [0.25, 0.3) is 0 Å². The lowest BCUT2D eigenvalue weighted by Gasteiger charge is -2.28. The smallest absolute Gasteiger partial charge is 0.220 e. The first-order valence-electron chi connectivity index (χ1n) is 8.96. The normalized spacial score (nSPS) is 13.3. The Bertz CT molecular complexity index is 787. The minimum Gasteiger partial charge on any atom is -0.486 e. The average molecular weight is 354 g/mol. The fourth-order valence-electron chi connectivity index (χ4n) is 2.98. The molecule has 3 N–H and O–H groups in total. The van der Waals surface area contributed by atoms with Crippen LogP contribution in [-0.4, -0.2) is 25.7 Å². The van der Waals surface area contributed by atoms with Gasteiger partial charge >= 0.3 is 0 Å². The van der Waals surface area contributed by atoms with Crippen LogP contribution in [0.1, 0.15) is 31.4 Å². The van der Waals surface area contributed by atoms with Gasteiger partial charge in [0.05, 0.1) is 0 Å². The molecule has 2 aromatic carbocycles. The van der Waals surface area contributed by atoms with Gasteiger partial charge in [-0.1, -0.05) is 38.1 Å². The van der Waals surface area contributed by atoms with Crippen LogP contribution in [0, 0.1) is 0 Å². The first kappa shape index (κ1) is 18.1. The number of nitrogen functional groups attached to an aromatic ring is 1. The maximum atomic E-state index is 12.2. The maximum Gasteiger partial charge on any atom is 0.220 e. The van der Waals surface area contributed by atoms with Gasteiger partial charge in [0, 0.05) is 24.1 Å². The van der Waals surface area contributed by atoms with Gasteiger partial charge in [-0.15, -0.1) is 0 Å². The number of fused-ring (bicyclic) bond motifs is 1. The van der Waals surface area contributed by atoms with Gasteiger partial charge in [-0.25, -0.2) is 0 Å².